The van der Waals surface area contributed by atoms with E-state index < -0.39 is 0 Å². The first kappa shape index (κ1) is 19.0. The van der Waals surface area contributed by atoms with Crippen LogP contribution in [0.5, 0.6) is 0 Å². The Kier molecular flexibility index (Phi) is 8.56. The van der Waals surface area contributed by atoms with Crippen LogP contribution in [0.15, 0.2) is 46.5 Å². The van der Waals surface area contributed by atoms with Crippen LogP contribution < -0.4 is 0 Å². The SMILES string of the molecule is [B]/C(=C/C=C(C)/C(=C/C=C(\C)C1CCC(O)CC1)CC)CC. The Morgan fingerprint density at radius 2 is 1.59 bits per heavy atom. The summed E-state index contributed by atoms with van der Waals surface area (Å²) in [7, 11) is 5.86. The van der Waals surface area contributed by atoms with Gasteiger partial charge in [-0.25, -0.2) is 0 Å². The van der Waals surface area contributed by atoms with Crippen LogP contribution in [0.3, 0.4) is 0 Å². The largest absolute Gasteiger partial charge is 0.393 e. The maximum atomic E-state index is 9.61. The predicted octanol–water partition coefficient (Wildman–Crippen LogP) is 5.23. The molecule has 0 bridgehead atoms. The summed E-state index contributed by atoms with van der Waals surface area (Å²) < 4.78 is 0. The van der Waals surface area contributed by atoms with Crippen molar-refractivity contribution in [3.05, 3.63) is 46.5 Å². The summed E-state index contributed by atoms with van der Waals surface area (Å²) in [6, 6.07) is 0. The van der Waals surface area contributed by atoms with E-state index in [2.05, 4.69) is 45.9 Å². The number of allylic oxidation sites excluding steroid dienone is 8. The first-order chi connectivity index (χ1) is 10.5. The summed E-state index contributed by atoms with van der Waals surface area (Å²) in [6.07, 6.45) is 14.6. The van der Waals surface area contributed by atoms with Gasteiger partial charge in [-0.05, 0) is 69.4 Å². The molecule has 0 aromatic rings. The molecular formula is C20H31BO. The van der Waals surface area contributed by atoms with Crippen molar-refractivity contribution in [2.75, 3.05) is 0 Å². The maximum Gasteiger partial charge on any atom is 0.107 e. The zero-order chi connectivity index (χ0) is 16.5. The summed E-state index contributed by atoms with van der Waals surface area (Å²) in [4.78, 5) is 0. The number of aliphatic hydroxyl groups is 1. The van der Waals surface area contributed by atoms with Gasteiger partial charge in [0.05, 0.1) is 6.10 Å². The van der Waals surface area contributed by atoms with Gasteiger partial charge in [0.1, 0.15) is 7.85 Å². The molecule has 1 aliphatic carbocycles. The standard InChI is InChI=1S/C20H31BO/c1-5-17(15(3)8-12-19(21)6-2)9-7-16(4)18-10-13-20(22)14-11-18/h7-9,12,18,20,22H,5-6,10-11,13-14H2,1-4H3/b15-8+,16-7+,17-9+,19-12+. The Hall–Kier alpha value is -1.02. The highest BCUT2D eigenvalue weighted by Crippen LogP contribution is 2.30. The smallest absolute Gasteiger partial charge is 0.107 e. The summed E-state index contributed by atoms with van der Waals surface area (Å²) in [5.41, 5.74) is 4.99. The molecule has 1 nitrogen and oxygen atoms in total. The predicted molar refractivity (Wildman–Crippen MR) is 98.0 cm³/mol. The first-order valence-electron chi connectivity index (χ1n) is 8.66. The average molecular weight is 298 g/mol. The monoisotopic (exact) mass is 298 g/mol. The second kappa shape index (κ2) is 9.89. The molecule has 0 aliphatic heterocycles. The molecular weight excluding hydrogens is 267 g/mol. The lowest BCUT2D eigenvalue weighted by molar-refractivity contribution is 0.116. The summed E-state index contributed by atoms with van der Waals surface area (Å²) >= 11 is 0. The van der Waals surface area contributed by atoms with Crippen LogP contribution >= 0.6 is 0 Å². The van der Waals surface area contributed by atoms with E-state index in [1.54, 1.807) is 0 Å². The van der Waals surface area contributed by atoms with E-state index in [-0.39, 0.29) is 6.10 Å². The lowest BCUT2D eigenvalue weighted by Gasteiger charge is -2.26. The molecule has 0 saturated heterocycles. The zero-order valence-electron chi connectivity index (χ0n) is 14.7. The van der Waals surface area contributed by atoms with E-state index in [0.717, 1.165) is 44.0 Å². The average Bonchev–Trinajstić information content (AvgIpc) is 2.53. The molecule has 0 aromatic carbocycles. The highest BCUT2D eigenvalue weighted by atomic mass is 16.3. The van der Waals surface area contributed by atoms with Crippen LogP contribution in [0.25, 0.3) is 0 Å². The minimum absolute atomic E-state index is 0.0771. The van der Waals surface area contributed by atoms with E-state index in [9.17, 15) is 5.11 Å². The molecule has 0 unspecified atom stereocenters. The molecule has 2 heteroatoms. The van der Waals surface area contributed by atoms with Crippen molar-refractivity contribution in [2.45, 2.75) is 72.3 Å². The van der Waals surface area contributed by atoms with E-state index in [0.29, 0.717) is 5.92 Å². The van der Waals surface area contributed by atoms with Crippen molar-refractivity contribution < 1.29 is 5.11 Å². The van der Waals surface area contributed by atoms with Crippen LogP contribution in [-0.4, -0.2) is 19.1 Å². The third-order valence-corrected chi connectivity index (χ3v) is 4.73. The zero-order valence-corrected chi connectivity index (χ0v) is 14.7. The van der Waals surface area contributed by atoms with Crippen LogP contribution in [0.4, 0.5) is 0 Å². The molecule has 2 radical (unpaired) electrons. The fraction of sp³-hybridized carbons (Fsp3) is 0.600. The van der Waals surface area contributed by atoms with Gasteiger partial charge in [0.2, 0.25) is 0 Å². The summed E-state index contributed by atoms with van der Waals surface area (Å²) in [5.74, 6) is 0.637. The fourth-order valence-corrected chi connectivity index (χ4v) is 2.88. The number of hydrogen-bond donors (Lipinski definition) is 1. The Balaban J connectivity index is 2.77. The van der Waals surface area contributed by atoms with E-state index in [1.165, 1.54) is 16.7 Å². The third kappa shape index (κ3) is 6.40. The van der Waals surface area contributed by atoms with Crippen molar-refractivity contribution >= 4 is 7.85 Å². The Bertz CT molecular complexity index is 460. The third-order valence-electron chi connectivity index (χ3n) is 4.73. The van der Waals surface area contributed by atoms with Crippen molar-refractivity contribution in [2.24, 2.45) is 5.92 Å². The van der Waals surface area contributed by atoms with Crippen molar-refractivity contribution in [1.82, 2.24) is 0 Å². The molecule has 1 rings (SSSR count). The number of aliphatic hydroxyl groups excluding tert-OH is 1. The first-order valence-corrected chi connectivity index (χ1v) is 8.66. The van der Waals surface area contributed by atoms with Crippen molar-refractivity contribution in [3.8, 4) is 0 Å². The molecule has 0 spiro atoms. The normalized spacial score (nSPS) is 25.5. The molecule has 0 atom stereocenters. The molecule has 120 valence electrons. The minimum Gasteiger partial charge on any atom is -0.393 e. The van der Waals surface area contributed by atoms with Gasteiger partial charge in [0.25, 0.3) is 0 Å². The molecule has 1 fully saturated rings. The Labute approximate surface area is 138 Å². The fourth-order valence-electron chi connectivity index (χ4n) is 2.88. The van der Waals surface area contributed by atoms with Crippen LogP contribution in [0, 0.1) is 5.92 Å². The highest BCUT2D eigenvalue weighted by Gasteiger charge is 2.19. The van der Waals surface area contributed by atoms with Gasteiger partial charge in [-0.15, -0.1) is 5.47 Å². The van der Waals surface area contributed by atoms with E-state index in [4.69, 9.17) is 7.85 Å². The molecule has 0 amide bonds. The van der Waals surface area contributed by atoms with E-state index in [1.807, 2.05) is 6.08 Å². The van der Waals surface area contributed by atoms with Gasteiger partial charge in [-0.3, -0.25) is 0 Å². The molecule has 1 aliphatic rings. The molecule has 22 heavy (non-hydrogen) atoms. The quantitative estimate of drug-likeness (QED) is 0.526. The lowest BCUT2D eigenvalue weighted by Crippen LogP contribution is -2.18. The van der Waals surface area contributed by atoms with Crippen molar-refractivity contribution in [1.29, 1.82) is 0 Å². The van der Waals surface area contributed by atoms with E-state index >= 15 is 0 Å². The number of rotatable bonds is 6. The van der Waals surface area contributed by atoms with Gasteiger partial charge in [-0.1, -0.05) is 43.7 Å². The second-order valence-electron chi connectivity index (χ2n) is 6.41. The summed E-state index contributed by atoms with van der Waals surface area (Å²) in [5, 5.41) is 9.61. The maximum absolute atomic E-state index is 9.61. The topological polar surface area (TPSA) is 20.2 Å². The lowest BCUT2D eigenvalue weighted by atomic mass is 9.83. The van der Waals surface area contributed by atoms with Crippen LogP contribution in [-0.2, 0) is 0 Å². The number of hydrogen-bond acceptors (Lipinski definition) is 1. The Morgan fingerprint density at radius 1 is 0.955 bits per heavy atom. The van der Waals surface area contributed by atoms with Gasteiger partial charge >= 0.3 is 0 Å². The van der Waals surface area contributed by atoms with Crippen LogP contribution in [0.1, 0.15) is 66.2 Å². The Morgan fingerprint density at radius 3 is 2.14 bits per heavy atom. The molecule has 0 aromatic heterocycles. The van der Waals surface area contributed by atoms with Crippen molar-refractivity contribution in [3.63, 3.8) is 0 Å². The molecule has 1 N–H and O–H groups in total. The second-order valence-corrected chi connectivity index (χ2v) is 6.41. The summed E-state index contributed by atoms with van der Waals surface area (Å²) in [6.45, 7) is 8.63. The molecule has 1 saturated carbocycles. The van der Waals surface area contributed by atoms with Gasteiger partial charge in [-0.2, -0.15) is 0 Å². The van der Waals surface area contributed by atoms with Gasteiger partial charge in [0.15, 0.2) is 0 Å². The minimum atomic E-state index is -0.0771. The van der Waals surface area contributed by atoms with Crippen LogP contribution in [0.2, 0.25) is 0 Å². The van der Waals surface area contributed by atoms with Gasteiger partial charge in [0, 0.05) is 0 Å². The molecule has 0 heterocycles. The highest BCUT2D eigenvalue weighted by molar-refractivity contribution is 6.21. The van der Waals surface area contributed by atoms with Gasteiger partial charge < -0.3 is 5.11 Å².